The van der Waals surface area contributed by atoms with Crippen LogP contribution in [-0.2, 0) is 11.2 Å². The van der Waals surface area contributed by atoms with Gasteiger partial charge in [0, 0.05) is 13.1 Å². The molecule has 1 fully saturated rings. The number of rotatable bonds is 4. The summed E-state index contributed by atoms with van der Waals surface area (Å²) in [6.07, 6.45) is 3.04. The van der Waals surface area contributed by atoms with Gasteiger partial charge in [-0.25, -0.2) is 0 Å². The van der Waals surface area contributed by atoms with Crippen LogP contribution in [0.3, 0.4) is 0 Å². The molecular formula is C14H21ClN2O. The molecule has 18 heavy (non-hydrogen) atoms. The number of amides is 1. The van der Waals surface area contributed by atoms with Gasteiger partial charge in [0.1, 0.15) is 0 Å². The van der Waals surface area contributed by atoms with Crippen molar-refractivity contribution in [1.29, 1.82) is 0 Å². The molecule has 1 aliphatic rings. The summed E-state index contributed by atoms with van der Waals surface area (Å²) < 4.78 is 0. The molecule has 2 rings (SSSR count). The molecule has 1 aliphatic heterocycles. The summed E-state index contributed by atoms with van der Waals surface area (Å²) in [4.78, 5) is 11.8. The fraction of sp³-hybridized carbons (Fsp3) is 0.500. The second kappa shape index (κ2) is 8.11. The van der Waals surface area contributed by atoms with E-state index in [1.165, 1.54) is 5.56 Å². The number of benzene rings is 1. The maximum atomic E-state index is 11.8. The van der Waals surface area contributed by atoms with Gasteiger partial charge in [0.15, 0.2) is 0 Å². The molecule has 3 nitrogen and oxygen atoms in total. The Balaban J connectivity index is 0.00000162. The topological polar surface area (TPSA) is 41.1 Å². The highest BCUT2D eigenvalue weighted by Crippen LogP contribution is 2.09. The van der Waals surface area contributed by atoms with Gasteiger partial charge in [-0.3, -0.25) is 4.79 Å². The minimum atomic E-state index is 0. The van der Waals surface area contributed by atoms with Crippen LogP contribution in [0, 0.1) is 5.92 Å². The molecule has 1 atom stereocenters. The summed E-state index contributed by atoms with van der Waals surface area (Å²) >= 11 is 0. The first kappa shape index (κ1) is 15.0. The highest BCUT2D eigenvalue weighted by atomic mass is 35.5. The zero-order chi connectivity index (χ0) is 11.9. The van der Waals surface area contributed by atoms with Crippen LogP contribution in [0.2, 0.25) is 0 Å². The van der Waals surface area contributed by atoms with Crippen LogP contribution in [0.4, 0.5) is 0 Å². The maximum absolute atomic E-state index is 11.8. The van der Waals surface area contributed by atoms with Crippen LogP contribution in [-0.4, -0.2) is 25.5 Å². The van der Waals surface area contributed by atoms with E-state index in [1.807, 2.05) is 18.2 Å². The van der Waals surface area contributed by atoms with E-state index in [0.29, 0.717) is 0 Å². The van der Waals surface area contributed by atoms with Crippen LogP contribution >= 0.6 is 12.4 Å². The van der Waals surface area contributed by atoms with Crippen molar-refractivity contribution in [1.82, 2.24) is 10.6 Å². The molecule has 1 saturated heterocycles. The van der Waals surface area contributed by atoms with E-state index < -0.39 is 0 Å². The normalized spacial score (nSPS) is 18.8. The van der Waals surface area contributed by atoms with Crippen molar-refractivity contribution in [3.05, 3.63) is 35.9 Å². The molecule has 1 amide bonds. The van der Waals surface area contributed by atoms with E-state index in [2.05, 4.69) is 22.8 Å². The van der Waals surface area contributed by atoms with Gasteiger partial charge in [-0.05, 0) is 31.4 Å². The minimum Gasteiger partial charge on any atom is -0.355 e. The van der Waals surface area contributed by atoms with Gasteiger partial charge >= 0.3 is 0 Å². The third kappa shape index (κ3) is 4.67. The average molecular weight is 269 g/mol. The maximum Gasteiger partial charge on any atom is 0.224 e. The molecule has 0 spiro atoms. The first-order valence-electron chi connectivity index (χ1n) is 6.38. The third-order valence-electron chi connectivity index (χ3n) is 3.22. The van der Waals surface area contributed by atoms with E-state index in [0.717, 1.165) is 38.9 Å². The van der Waals surface area contributed by atoms with Crippen molar-refractivity contribution in [3.8, 4) is 0 Å². The lowest BCUT2D eigenvalue weighted by Crippen LogP contribution is -2.41. The van der Waals surface area contributed by atoms with Gasteiger partial charge in [0.2, 0.25) is 5.91 Å². The first-order chi connectivity index (χ1) is 8.36. The fourth-order valence-corrected chi connectivity index (χ4v) is 2.19. The number of hydrogen-bond acceptors (Lipinski definition) is 2. The van der Waals surface area contributed by atoms with Crippen molar-refractivity contribution >= 4 is 18.3 Å². The van der Waals surface area contributed by atoms with Gasteiger partial charge < -0.3 is 10.6 Å². The summed E-state index contributed by atoms with van der Waals surface area (Å²) in [7, 11) is 0. The number of halogens is 1. The number of carbonyl (C=O) groups is 1. The Bertz CT molecular complexity index is 350. The van der Waals surface area contributed by atoms with E-state index >= 15 is 0 Å². The first-order valence-corrected chi connectivity index (χ1v) is 6.38. The molecule has 0 radical (unpaired) electrons. The average Bonchev–Trinajstić information content (AvgIpc) is 2.41. The summed E-state index contributed by atoms with van der Waals surface area (Å²) in [5.41, 5.74) is 1.27. The summed E-state index contributed by atoms with van der Waals surface area (Å²) in [6.45, 7) is 2.62. The number of hydrogen-bond donors (Lipinski definition) is 2. The smallest absolute Gasteiger partial charge is 0.224 e. The Morgan fingerprint density at radius 2 is 2.11 bits per heavy atom. The molecule has 0 aromatic heterocycles. The lowest BCUT2D eigenvalue weighted by atomic mass is 9.99. The molecule has 1 aromatic carbocycles. The molecule has 4 heteroatoms. The quantitative estimate of drug-likeness (QED) is 0.874. The molecule has 1 heterocycles. The van der Waals surface area contributed by atoms with E-state index in [4.69, 9.17) is 0 Å². The van der Waals surface area contributed by atoms with E-state index in [9.17, 15) is 4.79 Å². The Kier molecular flexibility index (Phi) is 6.76. The molecule has 0 saturated carbocycles. The minimum absolute atomic E-state index is 0. The highest BCUT2D eigenvalue weighted by molar-refractivity contribution is 5.85. The summed E-state index contributed by atoms with van der Waals surface area (Å²) in [5, 5.41) is 6.28. The van der Waals surface area contributed by atoms with Gasteiger partial charge in [-0.15, -0.1) is 12.4 Å². The van der Waals surface area contributed by atoms with Crippen LogP contribution in [0.5, 0.6) is 0 Å². The zero-order valence-electron chi connectivity index (χ0n) is 10.5. The second-order valence-corrected chi connectivity index (χ2v) is 4.57. The van der Waals surface area contributed by atoms with Gasteiger partial charge in [0.25, 0.3) is 0 Å². The Labute approximate surface area is 115 Å². The largest absolute Gasteiger partial charge is 0.355 e. The van der Waals surface area contributed by atoms with Gasteiger partial charge in [-0.1, -0.05) is 30.3 Å². The van der Waals surface area contributed by atoms with Crippen LogP contribution in [0.15, 0.2) is 30.3 Å². The van der Waals surface area contributed by atoms with Gasteiger partial charge in [0.05, 0.1) is 5.92 Å². The summed E-state index contributed by atoms with van der Waals surface area (Å²) in [6, 6.07) is 10.3. The van der Waals surface area contributed by atoms with Crippen LogP contribution in [0.25, 0.3) is 0 Å². The van der Waals surface area contributed by atoms with Crippen molar-refractivity contribution < 1.29 is 4.79 Å². The second-order valence-electron chi connectivity index (χ2n) is 4.57. The monoisotopic (exact) mass is 268 g/mol. The van der Waals surface area contributed by atoms with Crippen molar-refractivity contribution in [2.75, 3.05) is 19.6 Å². The third-order valence-corrected chi connectivity index (χ3v) is 3.22. The molecule has 0 aliphatic carbocycles. The molecule has 0 unspecified atom stereocenters. The van der Waals surface area contributed by atoms with Crippen molar-refractivity contribution in [3.63, 3.8) is 0 Å². The lowest BCUT2D eigenvalue weighted by molar-refractivity contribution is -0.125. The van der Waals surface area contributed by atoms with Crippen LogP contribution in [0.1, 0.15) is 18.4 Å². The lowest BCUT2D eigenvalue weighted by Gasteiger charge is -2.21. The summed E-state index contributed by atoms with van der Waals surface area (Å²) in [5.74, 6) is 0.368. The SMILES string of the molecule is Cl.O=C(NCCc1ccccc1)[C@@H]1CCCNC1. The van der Waals surface area contributed by atoms with Crippen molar-refractivity contribution in [2.24, 2.45) is 5.92 Å². The Morgan fingerprint density at radius 1 is 1.33 bits per heavy atom. The highest BCUT2D eigenvalue weighted by Gasteiger charge is 2.19. The Hall–Kier alpha value is -1.06. The van der Waals surface area contributed by atoms with Gasteiger partial charge in [-0.2, -0.15) is 0 Å². The fourth-order valence-electron chi connectivity index (χ4n) is 2.19. The molecule has 1 aromatic rings. The zero-order valence-corrected chi connectivity index (χ0v) is 11.3. The standard InChI is InChI=1S/C14H20N2O.ClH/c17-14(13-7-4-9-15-11-13)16-10-8-12-5-2-1-3-6-12;/h1-3,5-6,13,15H,4,7-11H2,(H,16,17);1H/t13-;/m1./s1. The van der Waals surface area contributed by atoms with Crippen LogP contribution < -0.4 is 10.6 Å². The molecule has 0 bridgehead atoms. The van der Waals surface area contributed by atoms with E-state index in [1.54, 1.807) is 0 Å². The number of piperidine rings is 1. The molecule has 100 valence electrons. The van der Waals surface area contributed by atoms with E-state index in [-0.39, 0.29) is 24.2 Å². The number of carbonyl (C=O) groups excluding carboxylic acids is 1. The van der Waals surface area contributed by atoms with Crippen molar-refractivity contribution in [2.45, 2.75) is 19.3 Å². The number of nitrogens with one attached hydrogen (secondary N) is 2. The predicted molar refractivity (Wildman–Crippen MR) is 76.0 cm³/mol. The predicted octanol–water partition coefficient (Wildman–Crippen LogP) is 1.77. The Morgan fingerprint density at radius 3 is 2.78 bits per heavy atom. The molecular weight excluding hydrogens is 248 g/mol. The molecule has 2 N–H and O–H groups in total.